The van der Waals surface area contributed by atoms with E-state index < -0.39 is 10.0 Å². The number of fused-ring (bicyclic) bond motifs is 1. The van der Waals surface area contributed by atoms with Crippen molar-refractivity contribution in [2.24, 2.45) is 0 Å². The Hall–Kier alpha value is -1.35. The average Bonchev–Trinajstić information content (AvgIpc) is 3.06. The second-order valence-electron chi connectivity index (χ2n) is 3.79. The minimum atomic E-state index is -3.57. The molecule has 2 aromatic heterocycles. The summed E-state index contributed by atoms with van der Waals surface area (Å²) in [6, 6.07) is 8.73. The number of rotatable bonds is 4. The summed E-state index contributed by atoms with van der Waals surface area (Å²) in [5, 5.41) is 1.91. The maximum Gasteiger partial charge on any atom is 0.243 e. The predicted molar refractivity (Wildman–Crippen MR) is 75.8 cm³/mol. The molecule has 0 amide bonds. The summed E-state index contributed by atoms with van der Waals surface area (Å²) in [5.74, 6) is 0. The van der Waals surface area contributed by atoms with Gasteiger partial charge < -0.3 is 0 Å². The molecule has 1 aromatic carbocycles. The molecule has 19 heavy (non-hydrogen) atoms. The first-order valence-corrected chi connectivity index (χ1v) is 8.49. The zero-order chi connectivity index (χ0) is 13.3. The molecule has 2 heterocycles. The lowest BCUT2D eigenvalue weighted by molar-refractivity contribution is 0.582. The molecule has 5 nitrogen and oxygen atoms in total. The van der Waals surface area contributed by atoms with Gasteiger partial charge in [0.15, 0.2) is 0 Å². The van der Waals surface area contributed by atoms with E-state index in [0.717, 1.165) is 16.6 Å². The van der Waals surface area contributed by atoms with Crippen molar-refractivity contribution in [1.29, 1.82) is 0 Å². The summed E-state index contributed by atoms with van der Waals surface area (Å²) in [4.78, 5) is 1.14. The van der Waals surface area contributed by atoms with Gasteiger partial charge in [0.2, 0.25) is 10.0 Å². The molecule has 3 aromatic rings. The van der Waals surface area contributed by atoms with Crippen LogP contribution in [-0.4, -0.2) is 17.2 Å². The molecule has 0 bridgehead atoms. The second kappa shape index (κ2) is 4.97. The molecule has 0 aliphatic heterocycles. The largest absolute Gasteiger partial charge is 0.243 e. The van der Waals surface area contributed by atoms with Crippen LogP contribution in [0.4, 0.5) is 0 Å². The lowest BCUT2D eigenvalue weighted by Crippen LogP contribution is -2.23. The van der Waals surface area contributed by atoms with Crippen molar-refractivity contribution in [3.63, 3.8) is 0 Å². The third-order valence-electron chi connectivity index (χ3n) is 2.56. The molecular weight excluding hydrogens is 302 g/mol. The van der Waals surface area contributed by atoms with Gasteiger partial charge in [-0.05, 0) is 23.6 Å². The number of nitrogens with zero attached hydrogens (tertiary/aromatic N) is 2. The summed E-state index contributed by atoms with van der Waals surface area (Å²) < 4.78 is 35.2. The molecule has 0 aliphatic rings. The van der Waals surface area contributed by atoms with Gasteiger partial charge in [-0.2, -0.15) is 8.75 Å². The fourth-order valence-corrected chi connectivity index (χ4v) is 4.16. The first-order chi connectivity index (χ1) is 9.17. The third-order valence-corrected chi connectivity index (χ3v) is 5.41. The van der Waals surface area contributed by atoms with E-state index in [2.05, 4.69) is 13.5 Å². The molecule has 0 radical (unpaired) electrons. The molecule has 0 unspecified atom stereocenters. The first-order valence-electron chi connectivity index (χ1n) is 5.40. The normalized spacial score (nSPS) is 12.0. The van der Waals surface area contributed by atoms with E-state index in [0.29, 0.717) is 11.0 Å². The highest BCUT2D eigenvalue weighted by molar-refractivity contribution is 7.89. The predicted octanol–water partition coefficient (Wildman–Crippen LogP) is 2.23. The number of thiophene rings is 1. The van der Waals surface area contributed by atoms with E-state index in [4.69, 9.17) is 0 Å². The van der Waals surface area contributed by atoms with E-state index in [-0.39, 0.29) is 11.4 Å². The van der Waals surface area contributed by atoms with Gasteiger partial charge >= 0.3 is 0 Å². The van der Waals surface area contributed by atoms with Crippen LogP contribution in [-0.2, 0) is 16.6 Å². The molecule has 0 atom stereocenters. The Morgan fingerprint density at radius 2 is 2.05 bits per heavy atom. The van der Waals surface area contributed by atoms with Gasteiger partial charge in [-0.15, -0.1) is 11.3 Å². The van der Waals surface area contributed by atoms with Crippen molar-refractivity contribution in [2.75, 3.05) is 0 Å². The summed E-state index contributed by atoms with van der Waals surface area (Å²) in [6.45, 7) is 0.286. The minimum Gasteiger partial charge on any atom is -0.207 e. The van der Waals surface area contributed by atoms with Gasteiger partial charge in [-0.1, -0.05) is 12.1 Å². The Morgan fingerprint density at radius 3 is 2.84 bits per heavy atom. The van der Waals surface area contributed by atoms with Crippen molar-refractivity contribution in [2.45, 2.75) is 11.4 Å². The highest BCUT2D eigenvalue weighted by atomic mass is 32.2. The van der Waals surface area contributed by atoms with Crippen LogP contribution in [0.5, 0.6) is 0 Å². The zero-order valence-electron chi connectivity index (χ0n) is 9.61. The third kappa shape index (κ3) is 2.52. The van der Waals surface area contributed by atoms with Crippen LogP contribution in [0.1, 0.15) is 4.88 Å². The first kappa shape index (κ1) is 12.7. The van der Waals surface area contributed by atoms with E-state index in [1.54, 1.807) is 18.2 Å². The second-order valence-corrected chi connectivity index (χ2v) is 7.09. The quantitative estimate of drug-likeness (QED) is 0.802. The van der Waals surface area contributed by atoms with Gasteiger partial charge in [-0.25, -0.2) is 13.1 Å². The molecule has 3 rings (SSSR count). The maximum atomic E-state index is 12.3. The van der Waals surface area contributed by atoms with Crippen LogP contribution in [0.2, 0.25) is 0 Å². The molecule has 98 valence electrons. The van der Waals surface area contributed by atoms with E-state index in [1.165, 1.54) is 11.3 Å². The summed E-state index contributed by atoms with van der Waals surface area (Å²) >= 11 is 2.52. The summed E-state index contributed by atoms with van der Waals surface area (Å²) in [7, 11) is -3.57. The molecule has 0 aliphatic carbocycles. The Morgan fingerprint density at radius 1 is 1.16 bits per heavy atom. The Bertz CT molecular complexity index is 794. The fraction of sp³-hybridized carbons (Fsp3) is 0.0909. The van der Waals surface area contributed by atoms with Gasteiger partial charge in [0.25, 0.3) is 0 Å². The molecule has 0 fully saturated rings. The van der Waals surface area contributed by atoms with Crippen LogP contribution in [0, 0.1) is 0 Å². The molecule has 0 saturated heterocycles. The van der Waals surface area contributed by atoms with Crippen LogP contribution < -0.4 is 4.72 Å². The van der Waals surface area contributed by atoms with Crippen molar-refractivity contribution < 1.29 is 8.42 Å². The van der Waals surface area contributed by atoms with E-state index in [9.17, 15) is 8.42 Å². The van der Waals surface area contributed by atoms with Gasteiger partial charge in [-0.3, -0.25) is 0 Å². The summed E-state index contributed by atoms with van der Waals surface area (Å²) in [5.41, 5.74) is 1.02. The molecule has 0 spiro atoms. The highest BCUT2D eigenvalue weighted by Crippen LogP contribution is 2.21. The van der Waals surface area contributed by atoms with Crippen LogP contribution >= 0.6 is 23.1 Å². The number of benzene rings is 1. The minimum absolute atomic E-state index is 0.176. The lowest BCUT2D eigenvalue weighted by Gasteiger charge is -2.05. The monoisotopic (exact) mass is 311 g/mol. The van der Waals surface area contributed by atoms with Gasteiger partial charge in [0.1, 0.15) is 15.9 Å². The molecule has 1 N–H and O–H groups in total. The average molecular weight is 311 g/mol. The van der Waals surface area contributed by atoms with Crippen molar-refractivity contribution in [3.05, 3.63) is 40.6 Å². The van der Waals surface area contributed by atoms with Gasteiger partial charge in [0.05, 0.1) is 11.7 Å². The zero-order valence-corrected chi connectivity index (χ0v) is 12.1. The SMILES string of the molecule is O=S(=O)(NCc1cccs1)c1cccc2nsnc12. The molecular formula is C11H9N3O2S3. The fourth-order valence-electron chi connectivity index (χ4n) is 1.66. The van der Waals surface area contributed by atoms with Crippen molar-refractivity contribution in [3.8, 4) is 0 Å². The molecule has 8 heteroatoms. The Balaban J connectivity index is 1.93. The maximum absolute atomic E-state index is 12.3. The van der Waals surface area contributed by atoms with E-state index >= 15 is 0 Å². The van der Waals surface area contributed by atoms with Gasteiger partial charge in [0, 0.05) is 11.4 Å². The van der Waals surface area contributed by atoms with Crippen molar-refractivity contribution >= 4 is 44.1 Å². The number of aromatic nitrogens is 2. The topological polar surface area (TPSA) is 72.0 Å². The van der Waals surface area contributed by atoms with Crippen LogP contribution in [0.15, 0.2) is 40.6 Å². The Labute approximate surface area is 118 Å². The van der Waals surface area contributed by atoms with Crippen molar-refractivity contribution in [1.82, 2.24) is 13.5 Å². The smallest absolute Gasteiger partial charge is 0.207 e. The number of hydrogen-bond donors (Lipinski definition) is 1. The molecule has 0 saturated carbocycles. The lowest BCUT2D eigenvalue weighted by atomic mass is 10.3. The Kier molecular flexibility index (Phi) is 3.31. The highest BCUT2D eigenvalue weighted by Gasteiger charge is 2.19. The number of hydrogen-bond acceptors (Lipinski definition) is 6. The van der Waals surface area contributed by atoms with Crippen LogP contribution in [0.25, 0.3) is 11.0 Å². The number of nitrogens with one attached hydrogen (secondary N) is 1. The standard InChI is InChI=1S/C11H9N3O2S3/c15-19(16,12-7-8-3-2-6-17-8)10-5-1-4-9-11(10)14-18-13-9/h1-6,12H,7H2. The van der Waals surface area contributed by atoms with E-state index in [1.807, 2.05) is 17.5 Å². The van der Waals surface area contributed by atoms with Crippen LogP contribution in [0.3, 0.4) is 0 Å². The number of sulfonamides is 1. The summed E-state index contributed by atoms with van der Waals surface area (Å²) in [6.07, 6.45) is 0.